The quantitative estimate of drug-likeness (QED) is 0.369. The van der Waals surface area contributed by atoms with Crippen LogP contribution in [0.5, 0.6) is 0 Å². The molecule has 1 heterocycles. The van der Waals surface area contributed by atoms with Crippen LogP contribution in [-0.4, -0.2) is 24.2 Å². The van der Waals surface area contributed by atoms with Crippen LogP contribution in [-0.2, 0) is 4.74 Å². The summed E-state index contributed by atoms with van der Waals surface area (Å²) >= 11 is 0. The third-order valence-electron chi connectivity index (χ3n) is 11.2. The standard InChI is InChI=1S/C32H41N3O2/c1-4-37-19-34-30-25(18-33)28(20-8-6-5-7-9-20)24-17-27-23-11-10-21-16-22(36)12-14-31(21,2)26(23)13-15-32(27,3)29(24)35-30/h5-9,19,21-23,26-28,35-36H,4,10-17H2,1-3H3/b34-19-/t21-,22-,23+,26-,27-,28?,31-,32-/m0/s1. The van der Waals surface area contributed by atoms with E-state index >= 15 is 0 Å². The summed E-state index contributed by atoms with van der Waals surface area (Å²) in [6, 6.07) is 13.1. The summed E-state index contributed by atoms with van der Waals surface area (Å²) in [5.74, 6) is 3.24. The first-order valence-electron chi connectivity index (χ1n) is 14.4. The van der Waals surface area contributed by atoms with Gasteiger partial charge in [-0.15, -0.1) is 0 Å². The van der Waals surface area contributed by atoms with Gasteiger partial charge in [0.2, 0.25) is 0 Å². The Balaban J connectivity index is 1.38. The van der Waals surface area contributed by atoms with Crippen LogP contribution in [0, 0.1) is 45.8 Å². The average Bonchev–Trinajstić information content (AvgIpc) is 3.21. The van der Waals surface area contributed by atoms with Crippen molar-refractivity contribution < 1.29 is 9.84 Å². The molecule has 3 saturated carbocycles. The number of aliphatic hydroxyl groups excluding tert-OH is 1. The summed E-state index contributed by atoms with van der Waals surface area (Å²) in [6.45, 7) is 7.52. The Kier molecular flexibility index (Phi) is 6.23. The van der Waals surface area contributed by atoms with Gasteiger partial charge in [0.25, 0.3) is 0 Å². The Hall–Kier alpha value is -2.58. The number of dihydropyridines is 1. The monoisotopic (exact) mass is 499 g/mol. The zero-order valence-corrected chi connectivity index (χ0v) is 22.5. The van der Waals surface area contributed by atoms with Crippen LogP contribution in [0.2, 0.25) is 0 Å². The molecule has 1 unspecified atom stereocenters. The number of ether oxygens (including phenoxy) is 1. The summed E-state index contributed by atoms with van der Waals surface area (Å²) in [5, 5.41) is 24.5. The zero-order valence-electron chi connectivity index (χ0n) is 22.5. The van der Waals surface area contributed by atoms with Gasteiger partial charge in [-0.1, -0.05) is 44.2 Å². The van der Waals surface area contributed by atoms with Gasteiger partial charge in [-0.05, 0) is 98.5 Å². The number of nitrogens with one attached hydrogen (secondary N) is 1. The summed E-state index contributed by atoms with van der Waals surface area (Å²) in [4.78, 5) is 4.62. The van der Waals surface area contributed by atoms with Crippen molar-refractivity contribution >= 4 is 6.40 Å². The van der Waals surface area contributed by atoms with Gasteiger partial charge in [-0.3, -0.25) is 0 Å². The first kappa shape index (κ1) is 24.7. The summed E-state index contributed by atoms with van der Waals surface area (Å²) < 4.78 is 5.44. The van der Waals surface area contributed by atoms with Crippen molar-refractivity contribution in [2.45, 2.75) is 84.2 Å². The van der Waals surface area contributed by atoms with Gasteiger partial charge < -0.3 is 15.2 Å². The van der Waals surface area contributed by atoms with Crippen molar-refractivity contribution in [3.05, 3.63) is 58.6 Å². The van der Waals surface area contributed by atoms with E-state index in [1.54, 1.807) is 0 Å². The molecule has 1 aromatic rings. The first-order chi connectivity index (χ1) is 17.9. The van der Waals surface area contributed by atoms with Gasteiger partial charge in [-0.2, -0.15) is 5.26 Å². The largest absolute Gasteiger partial charge is 0.483 e. The fourth-order valence-electron chi connectivity index (χ4n) is 9.33. The second-order valence-corrected chi connectivity index (χ2v) is 12.7. The number of aliphatic imine (C=N–C) groups is 1. The Morgan fingerprint density at radius 2 is 1.95 bits per heavy atom. The van der Waals surface area contributed by atoms with E-state index in [2.05, 4.69) is 54.5 Å². The first-order valence-corrected chi connectivity index (χ1v) is 14.4. The lowest BCUT2D eigenvalue weighted by Crippen LogP contribution is -2.54. The fourth-order valence-corrected chi connectivity index (χ4v) is 9.33. The van der Waals surface area contributed by atoms with Gasteiger partial charge in [0, 0.05) is 17.0 Å². The number of nitrogens with zero attached hydrogens (tertiary/aromatic N) is 2. The van der Waals surface area contributed by atoms with E-state index in [-0.39, 0.29) is 17.4 Å². The van der Waals surface area contributed by atoms with Crippen LogP contribution >= 0.6 is 0 Å². The molecule has 6 rings (SSSR count). The van der Waals surface area contributed by atoms with Crippen LogP contribution in [0.3, 0.4) is 0 Å². The molecule has 0 spiro atoms. The lowest BCUT2D eigenvalue weighted by atomic mass is 9.45. The maximum Gasteiger partial charge on any atom is 0.176 e. The Bertz CT molecular complexity index is 1180. The minimum Gasteiger partial charge on any atom is -0.483 e. The minimum absolute atomic E-state index is 0.0612. The van der Waals surface area contributed by atoms with E-state index in [0.717, 1.165) is 31.6 Å². The zero-order chi connectivity index (χ0) is 25.8. The van der Waals surface area contributed by atoms with E-state index in [9.17, 15) is 10.4 Å². The van der Waals surface area contributed by atoms with E-state index < -0.39 is 0 Å². The molecule has 1 aliphatic heterocycles. The molecule has 2 N–H and O–H groups in total. The Morgan fingerprint density at radius 1 is 1.14 bits per heavy atom. The molecule has 0 amide bonds. The van der Waals surface area contributed by atoms with E-state index in [1.165, 1.54) is 48.9 Å². The van der Waals surface area contributed by atoms with E-state index in [4.69, 9.17) is 4.74 Å². The lowest BCUT2D eigenvalue weighted by Gasteiger charge is -2.60. The van der Waals surface area contributed by atoms with Crippen molar-refractivity contribution in [1.29, 1.82) is 5.26 Å². The molecule has 0 saturated heterocycles. The number of nitriles is 1. The topological polar surface area (TPSA) is 77.6 Å². The normalized spacial score (nSPS) is 40.8. The molecule has 1 aromatic carbocycles. The number of allylic oxidation sites excluding steroid dienone is 3. The van der Waals surface area contributed by atoms with Crippen LogP contribution in [0.15, 0.2) is 58.0 Å². The molecule has 8 atom stereocenters. The number of rotatable bonds is 4. The third-order valence-corrected chi connectivity index (χ3v) is 11.2. The minimum atomic E-state index is -0.106. The highest BCUT2D eigenvalue weighted by Gasteiger charge is 2.61. The van der Waals surface area contributed by atoms with Crippen molar-refractivity contribution in [2.24, 2.45) is 39.5 Å². The predicted octanol–water partition coefficient (Wildman–Crippen LogP) is 6.44. The highest BCUT2D eigenvalue weighted by Crippen LogP contribution is 2.68. The Morgan fingerprint density at radius 3 is 2.70 bits per heavy atom. The van der Waals surface area contributed by atoms with Gasteiger partial charge in [0.1, 0.15) is 5.82 Å². The number of fused-ring (bicyclic) bond motifs is 6. The number of hydrogen-bond donors (Lipinski definition) is 2. The van der Waals surface area contributed by atoms with Crippen molar-refractivity contribution in [3.63, 3.8) is 0 Å². The van der Waals surface area contributed by atoms with Gasteiger partial charge in [0.15, 0.2) is 6.40 Å². The van der Waals surface area contributed by atoms with E-state index in [1.807, 2.05) is 13.0 Å². The third kappa shape index (κ3) is 3.78. The molecule has 4 aliphatic carbocycles. The number of aliphatic hydroxyl groups is 1. The molecule has 3 fully saturated rings. The van der Waals surface area contributed by atoms with Crippen LogP contribution < -0.4 is 5.32 Å². The van der Waals surface area contributed by atoms with Crippen molar-refractivity contribution in [3.8, 4) is 6.07 Å². The van der Waals surface area contributed by atoms with Crippen LogP contribution in [0.25, 0.3) is 0 Å². The van der Waals surface area contributed by atoms with Crippen molar-refractivity contribution in [2.75, 3.05) is 6.61 Å². The molecular weight excluding hydrogens is 458 g/mol. The maximum absolute atomic E-state index is 10.4. The molecule has 5 aliphatic rings. The second-order valence-electron chi connectivity index (χ2n) is 12.7. The molecular formula is C32H41N3O2. The van der Waals surface area contributed by atoms with E-state index in [0.29, 0.717) is 41.2 Å². The van der Waals surface area contributed by atoms with Gasteiger partial charge in [-0.25, -0.2) is 4.99 Å². The summed E-state index contributed by atoms with van der Waals surface area (Å²) in [7, 11) is 0. The summed E-state index contributed by atoms with van der Waals surface area (Å²) in [6.07, 6.45) is 10.5. The summed E-state index contributed by atoms with van der Waals surface area (Å²) in [5.41, 5.74) is 5.00. The Labute approximate surface area is 221 Å². The molecule has 0 aromatic heterocycles. The van der Waals surface area contributed by atoms with Crippen LogP contribution in [0.1, 0.15) is 83.6 Å². The highest BCUT2D eigenvalue weighted by molar-refractivity contribution is 5.58. The van der Waals surface area contributed by atoms with Crippen LogP contribution in [0.4, 0.5) is 0 Å². The fraction of sp³-hybridized carbons (Fsp3) is 0.625. The maximum atomic E-state index is 10.4. The van der Waals surface area contributed by atoms with Crippen molar-refractivity contribution in [1.82, 2.24) is 5.32 Å². The molecule has 0 bridgehead atoms. The SMILES string of the molecule is CCO/C=N\C1=C(C#N)C(c2ccccc2)C2=C(N1)[C@@]1(C)CC[C@H]3[C@@H](CC[C@H]4C[C@@H](O)CC[C@@]43C)[C@@H]1C2. The molecule has 37 heavy (non-hydrogen) atoms. The van der Waals surface area contributed by atoms with Gasteiger partial charge >= 0.3 is 0 Å². The molecule has 5 heteroatoms. The molecule has 0 radical (unpaired) electrons. The number of benzene rings is 1. The lowest BCUT2D eigenvalue weighted by molar-refractivity contribution is -0.118. The highest BCUT2D eigenvalue weighted by atomic mass is 16.5. The van der Waals surface area contributed by atoms with Gasteiger partial charge in [0.05, 0.1) is 24.4 Å². The second kappa shape index (κ2) is 9.31. The smallest absolute Gasteiger partial charge is 0.176 e. The molecule has 196 valence electrons. The number of hydrogen-bond acceptors (Lipinski definition) is 5. The average molecular weight is 500 g/mol. The molecule has 5 nitrogen and oxygen atoms in total. The predicted molar refractivity (Wildman–Crippen MR) is 145 cm³/mol.